The minimum absolute atomic E-state index is 0.262. The predicted octanol–water partition coefficient (Wildman–Crippen LogP) is 11.5. The Bertz CT molecular complexity index is 2560. The van der Waals surface area contributed by atoms with Gasteiger partial charge in [0, 0.05) is 33.5 Å². The molecule has 0 bridgehead atoms. The number of aromatic nitrogens is 1. The van der Waals surface area contributed by atoms with E-state index in [1.807, 2.05) is 0 Å². The van der Waals surface area contributed by atoms with Crippen molar-refractivity contribution in [2.45, 2.75) is 12.0 Å². The standard InChI is InChI=1S/C44H30N2/c1-2-12-31-26-34(23-20-29(31)10-1)45-41-17-7-5-15-36(41)38-27-32(21-24-43(38)45)33-22-25-44-39(28-33)37-16-6-8-18-42(37)46(44)40-19-9-13-30-11-3-4-14-35(30)40/h1-28,36,41H. The fourth-order valence-electron chi connectivity index (χ4n) is 7.96. The summed E-state index contributed by atoms with van der Waals surface area (Å²) in [5.74, 6) is 0.309. The third kappa shape index (κ3) is 3.71. The van der Waals surface area contributed by atoms with E-state index in [1.165, 1.54) is 77.1 Å². The van der Waals surface area contributed by atoms with E-state index in [4.69, 9.17) is 0 Å². The highest BCUT2D eigenvalue weighted by molar-refractivity contribution is 6.11. The summed E-state index contributed by atoms with van der Waals surface area (Å²) >= 11 is 0. The third-order valence-corrected chi connectivity index (χ3v) is 10.1. The highest BCUT2D eigenvalue weighted by Gasteiger charge is 2.37. The number of anilines is 2. The molecule has 2 nitrogen and oxygen atoms in total. The summed E-state index contributed by atoms with van der Waals surface area (Å²) < 4.78 is 2.44. The number of nitrogens with zero attached hydrogens (tertiary/aromatic N) is 2. The second-order valence-electron chi connectivity index (χ2n) is 12.5. The first-order valence-electron chi connectivity index (χ1n) is 16.1. The van der Waals surface area contributed by atoms with Crippen molar-refractivity contribution in [2.75, 3.05) is 4.90 Å². The Hall–Kier alpha value is -5.86. The molecule has 0 saturated carbocycles. The SMILES string of the molecule is C1=CC2c3cc(-c4ccc5c(c4)c4ccccc4n5-c4cccc5ccccc45)ccc3N(c3ccc4ccccc4c3)C2C=C1. The van der Waals surface area contributed by atoms with Gasteiger partial charge >= 0.3 is 0 Å². The lowest BCUT2D eigenvalue weighted by Gasteiger charge is -2.29. The molecule has 46 heavy (non-hydrogen) atoms. The van der Waals surface area contributed by atoms with Crippen molar-refractivity contribution in [3.63, 3.8) is 0 Å². The Morgan fingerprint density at radius 1 is 0.435 bits per heavy atom. The predicted molar refractivity (Wildman–Crippen MR) is 195 cm³/mol. The molecule has 216 valence electrons. The average molecular weight is 587 g/mol. The fraction of sp³-hybridized carbons (Fsp3) is 0.0455. The van der Waals surface area contributed by atoms with E-state index < -0.39 is 0 Å². The third-order valence-electron chi connectivity index (χ3n) is 10.1. The van der Waals surface area contributed by atoms with Crippen LogP contribution in [0.25, 0.3) is 60.2 Å². The van der Waals surface area contributed by atoms with Crippen molar-refractivity contribution in [2.24, 2.45) is 0 Å². The van der Waals surface area contributed by atoms with Gasteiger partial charge in [0.25, 0.3) is 0 Å². The maximum Gasteiger partial charge on any atom is 0.0629 e. The lowest BCUT2D eigenvalue weighted by Crippen LogP contribution is -2.28. The number of para-hydroxylation sites is 1. The molecule has 7 aromatic carbocycles. The number of allylic oxidation sites excluding steroid dienone is 2. The normalized spacial score (nSPS) is 16.9. The zero-order valence-corrected chi connectivity index (χ0v) is 25.2. The van der Waals surface area contributed by atoms with Gasteiger partial charge < -0.3 is 9.47 Å². The fourth-order valence-corrected chi connectivity index (χ4v) is 7.96. The molecule has 0 N–H and O–H groups in total. The van der Waals surface area contributed by atoms with Crippen LogP contribution in [0.3, 0.4) is 0 Å². The van der Waals surface area contributed by atoms with Crippen LogP contribution in [-0.2, 0) is 0 Å². The van der Waals surface area contributed by atoms with Crippen LogP contribution in [0.5, 0.6) is 0 Å². The summed E-state index contributed by atoms with van der Waals surface area (Å²) in [7, 11) is 0. The molecule has 2 unspecified atom stereocenters. The van der Waals surface area contributed by atoms with E-state index in [0.717, 1.165) is 0 Å². The molecule has 2 heterocycles. The molecule has 0 fully saturated rings. The number of rotatable bonds is 3. The maximum absolute atomic E-state index is 2.53. The molecule has 0 amide bonds. The van der Waals surface area contributed by atoms with Crippen LogP contribution in [0.4, 0.5) is 11.4 Å². The summed E-state index contributed by atoms with van der Waals surface area (Å²) in [4.78, 5) is 2.53. The topological polar surface area (TPSA) is 8.17 Å². The van der Waals surface area contributed by atoms with Gasteiger partial charge in [-0.15, -0.1) is 0 Å². The molecule has 8 aromatic rings. The van der Waals surface area contributed by atoms with Crippen LogP contribution in [0.1, 0.15) is 11.5 Å². The van der Waals surface area contributed by atoms with Gasteiger partial charge in [-0.3, -0.25) is 0 Å². The maximum atomic E-state index is 2.53. The van der Waals surface area contributed by atoms with E-state index in [0.29, 0.717) is 5.92 Å². The number of benzene rings is 7. The minimum Gasteiger partial charge on any atom is -0.333 e. The van der Waals surface area contributed by atoms with Crippen LogP contribution >= 0.6 is 0 Å². The smallest absolute Gasteiger partial charge is 0.0629 e. The van der Waals surface area contributed by atoms with Gasteiger partial charge in [-0.1, -0.05) is 121 Å². The summed E-state index contributed by atoms with van der Waals surface area (Å²) in [6, 6.07) is 53.9. The molecule has 1 aliphatic heterocycles. The van der Waals surface area contributed by atoms with Crippen LogP contribution in [0.2, 0.25) is 0 Å². The van der Waals surface area contributed by atoms with Gasteiger partial charge in [0.2, 0.25) is 0 Å². The van der Waals surface area contributed by atoms with Crippen LogP contribution in [0, 0.1) is 0 Å². The summed E-state index contributed by atoms with van der Waals surface area (Å²) in [5.41, 5.74) is 10.1. The van der Waals surface area contributed by atoms with Crippen LogP contribution in [-0.4, -0.2) is 10.6 Å². The molecule has 0 spiro atoms. The number of hydrogen-bond donors (Lipinski definition) is 0. The second-order valence-corrected chi connectivity index (χ2v) is 12.5. The lowest BCUT2D eigenvalue weighted by atomic mass is 9.89. The Morgan fingerprint density at radius 3 is 2.09 bits per heavy atom. The Balaban J connectivity index is 1.13. The summed E-state index contributed by atoms with van der Waals surface area (Å²) in [5, 5.41) is 7.61. The number of hydrogen-bond acceptors (Lipinski definition) is 1. The van der Waals surface area contributed by atoms with Crippen molar-refractivity contribution in [3.05, 3.63) is 175 Å². The van der Waals surface area contributed by atoms with Gasteiger partial charge in [-0.2, -0.15) is 0 Å². The average Bonchev–Trinajstić information content (AvgIpc) is 3.63. The van der Waals surface area contributed by atoms with E-state index in [1.54, 1.807) is 0 Å². The molecule has 2 atom stereocenters. The molecule has 1 aliphatic carbocycles. The van der Waals surface area contributed by atoms with E-state index in [2.05, 4.69) is 179 Å². The van der Waals surface area contributed by atoms with Gasteiger partial charge in [0.1, 0.15) is 0 Å². The lowest BCUT2D eigenvalue weighted by molar-refractivity contribution is 0.745. The Kier molecular flexibility index (Phi) is 5.44. The van der Waals surface area contributed by atoms with Gasteiger partial charge in [0.15, 0.2) is 0 Å². The highest BCUT2D eigenvalue weighted by Crippen LogP contribution is 2.49. The van der Waals surface area contributed by atoms with Crippen molar-refractivity contribution in [1.82, 2.24) is 4.57 Å². The van der Waals surface area contributed by atoms with E-state index in [9.17, 15) is 0 Å². The van der Waals surface area contributed by atoms with Crippen LogP contribution < -0.4 is 4.90 Å². The minimum atomic E-state index is 0.262. The first-order chi connectivity index (χ1) is 22.8. The zero-order valence-electron chi connectivity index (χ0n) is 25.2. The van der Waals surface area contributed by atoms with Crippen LogP contribution in [0.15, 0.2) is 170 Å². The molecule has 1 aromatic heterocycles. The molecular weight excluding hydrogens is 556 g/mol. The molecular formula is C44H30N2. The first-order valence-corrected chi connectivity index (χ1v) is 16.1. The van der Waals surface area contributed by atoms with Crippen molar-refractivity contribution >= 4 is 54.7 Å². The molecule has 2 heteroatoms. The summed E-state index contributed by atoms with van der Waals surface area (Å²) in [6.45, 7) is 0. The van der Waals surface area contributed by atoms with Gasteiger partial charge in [-0.05, 0) is 81.4 Å². The summed E-state index contributed by atoms with van der Waals surface area (Å²) in [6.07, 6.45) is 9.13. The molecule has 2 aliphatic rings. The van der Waals surface area contributed by atoms with Crippen molar-refractivity contribution in [1.29, 1.82) is 0 Å². The first kappa shape index (κ1) is 25.5. The van der Waals surface area contributed by atoms with E-state index >= 15 is 0 Å². The van der Waals surface area contributed by atoms with Crippen molar-refractivity contribution < 1.29 is 0 Å². The Morgan fingerprint density at radius 2 is 1.15 bits per heavy atom. The van der Waals surface area contributed by atoms with Crippen molar-refractivity contribution in [3.8, 4) is 16.8 Å². The molecule has 10 rings (SSSR count). The highest BCUT2D eigenvalue weighted by atomic mass is 15.2. The largest absolute Gasteiger partial charge is 0.333 e. The Labute approximate surface area is 267 Å². The second kappa shape index (κ2) is 9.82. The number of fused-ring (bicyclic) bond motifs is 8. The van der Waals surface area contributed by atoms with Gasteiger partial charge in [0.05, 0.1) is 22.8 Å². The monoisotopic (exact) mass is 586 g/mol. The van der Waals surface area contributed by atoms with Gasteiger partial charge in [-0.25, -0.2) is 0 Å². The van der Waals surface area contributed by atoms with E-state index in [-0.39, 0.29) is 6.04 Å². The molecule has 0 saturated heterocycles. The quantitative estimate of drug-likeness (QED) is 0.200. The molecule has 0 radical (unpaired) electrons. The zero-order chi connectivity index (χ0) is 30.2.